The highest BCUT2D eigenvalue weighted by Crippen LogP contribution is 2.21. The maximum Gasteiger partial charge on any atom is 0.306 e. The highest BCUT2D eigenvalue weighted by atomic mass is 16.5. The molecule has 0 aromatic rings. The summed E-state index contributed by atoms with van der Waals surface area (Å²) in [6.45, 7) is 12.3. The molecule has 6 nitrogen and oxygen atoms in total. The van der Waals surface area contributed by atoms with Crippen molar-refractivity contribution in [2.45, 2.75) is 233 Å². The fourth-order valence-electron chi connectivity index (χ4n) is 7.04. The molecule has 1 unspecified atom stereocenters. The number of esters is 2. The van der Waals surface area contributed by atoms with Crippen LogP contribution in [-0.2, 0) is 19.1 Å². The van der Waals surface area contributed by atoms with Crippen molar-refractivity contribution in [3.8, 4) is 0 Å². The molecule has 0 heterocycles. The number of hydrogen-bond donors (Lipinski definition) is 1. The average molecular weight is 710 g/mol. The zero-order chi connectivity index (χ0) is 36.8. The van der Waals surface area contributed by atoms with Crippen molar-refractivity contribution in [3.63, 3.8) is 0 Å². The molecule has 1 N–H and O–H groups in total. The van der Waals surface area contributed by atoms with E-state index in [-0.39, 0.29) is 24.6 Å². The fourth-order valence-corrected chi connectivity index (χ4v) is 7.04. The number of carbonyl (C=O) groups is 2. The first-order chi connectivity index (χ1) is 24.5. The second-order valence-electron chi connectivity index (χ2n) is 15.3. The van der Waals surface area contributed by atoms with Crippen molar-refractivity contribution in [1.29, 1.82) is 0 Å². The molecular weight excluding hydrogens is 622 g/mol. The number of rotatable bonds is 40. The highest BCUT2D eigenvalue weighted by Gasteiger charge is 2.15. The van der Waals surface area contributed by atoms with Crippen LogP contribution in [0.4, 0.5) is 0 Å². The van der Waals surface area contributed by atoms with Crippen LogP contribution in [0.25, 0.3) is 0 Å². The Labute approximate surface area is 312 Å². The van der Waals surface area contributed by atoms with Crippen molar-refractivity contribution < 1.29 is 24.2 Å². The number of ether oxygens (including phenoxy) is 2. The SMILES string of the molecule is CCCCCCCCC(CCCCCCCC)COC(=O)CCCCCN(CCO)CCCCCC(=O)OC(CCC)CCCCCCCC. The van der Waals surface area contributed by atoms with Crippen LogP contribution in [0.3, 0.4) is 0 Å². The molecule has 0 aromatic heterocycles. The van der Waals surface area contributed by atoms with Crippen LogP contribution in [0, 0.1) is 5.92 Å². The maximum absolute atomic E-state index is 12.6. The Kier molecular flexibility index (Phi) is 38.2. The quantitative estimate of drug-likeness (QED) is 0.0504. The molecule has 0 aliphatic rings. The van der Waals surface area contributed by atoms with Crippen LogP contribution >= 0.6 is 0 Å². The first-order valence-corrected chi connectivity index (χ1v) is 22.2. The topological polar surface area (TPSA) is 76.1 Å². The van der Waals surface area contributed by atoms with Crippen molar-refractivity contribution in [3.05, 3.63) is 0 Å². The van der Waals surface area contributed by atoms with E-state index in [4.69, 9.17) is 9.47 Å². The summed E-state index contributed by atoms with van der Waals surface area (Å²) in [6.07, 6.45) is 35.7. The molecule has 0 aliphatic heterocycles. The van der Waals surface area contributed by atoms with Gasteiger partial charge in [-0.2, -0.15) is 0 Å². The Hall–Kier alpha value is -1.14. The largest absolute Gasteiger partial charge is 0.465 e. The van der Waals surface area contributed by atoms with Crippen LogP contribution in [-0.4, -0.2) is 60.9 Å². The predicted molar refractivity (Wildman–Crippen MR) is 214 cm³/mol. The molecule has 50 heavy (non-hydrogen) atoms. The van der Waals surface area contributed by atoms with Gasteiger partial charge in [0.15, 0.2) is 0 Å². The van der Waals surface area contributed by atoms with Gasteiger partial charge in [0.25, 0.3) is 0 Å². The predicted octanol–water partition coefficient (Wildman–Crippen LogP) is 12.5. The number of unbranched alkanes of at least 4 members (excludes halogenated alkanes) is 19. The van der Waals surface area contributed by atoms with Gasteiger partial charge >= 0.3 is 11.9 Å². The minimum atomic E-state index is -0.0358. The molecule has 1 atom stereocenters. The van der Waals surface area contributed by atoms with E-state index in [0.29, 0.717) is 31.9 Å². The van der Waals surface area contributed by atoms with Crippen LogP contribution in [0.15, 0.2) is 0 Å². The van der Waals surface area contributed by atoms with Gasteiger partial charge < -0.3 is 19.5 Å². The average Bonchev–Trinajstić information content (AvgIpc) is 3.10. The fraction of sp³-hybridized carbons (Fsp3) is 0.955. The van der Waals surface area contributed by atoms with E-state index in [1.54, 1.807) is 0 Å². The first kappa shape index (κ1) is 48.9. The normalized spacial score (nSPS) is 12.2. The van der Waals surface area contributed by atoms with E-state index < -0.39 is 0 Å². The molecule has 0 fully saturated rings. The number of aliphatic hydroxyl groups excluding tert-OH is 1. The van der Waals surface area contributed by atoms with E-state index in [1.165, 1.54) is 122 Å². The van der Waals surface area contributed by atoms with E-state index in [1.807, 2.05) is 0 Å². The van der Waals surface area contributed by atoms with E-state index in [9.17, 15) is 14.7 Å². The molecule has 0 aromatic carbocycles. The Morgan fingerprint density at radius 1 is 0.480 bits per heavy atom. The van der Waals surface area contributed by atoms with E-state index >= 15 is 0 Å². The van der Waals surface area contributed by atoms with Gasteiger partial charge in [-0.25, -0.2) is 0 Å². The summed E-state index contributed by atoms with van der Waals surface area (Å²) in [7, 11) is 0. The smallest absolute Gasteiger partial charge is 0.306 e. The molecule has 0 saturated heterocycles. The zero-order valence-electron chi connectivity index (χ0n) is 34.1. The maximum atomic E-state index is 12.6. The Morgan fingerprint density at radius 3 is 1.40 bits per heavy atom. The van der Waals surface area contributed by atoms with Crippen LogP contribution in [0.1, 0.15) is 227 Å². The Balaban J connectivity index is 4.20. The van der Waals surface area contributed by atoms with Crippen LogP contribution < -0.4 is 0 Å². The molecule has 6 heteroatoms. The van der Waals surface area contributed by atoms with Gasteiger partial charge in [0.1, 0.15) is 6.10 Å². The third-order valence-corrected chi connectivity index (χ3v) is 10.3. The summed E-state index contributed by atoms with van der Waals surface area (Å²) in [6, 6.07) is 0. The summed E-state index contributed by atoms with van der Waals surface area (Å²) in [5, 5.41) is 9.58. The molecule has 0 amide bonds. The lowest BCUT2D eigenvalue weighted by molar-refractivity contribution is -0.150. The molecule has 0 rings (SSSR count). The van der Waals surface area contributed by atoms with Crippen molar-refractivity contribution in [1.82, 2.24) is 4.90 Å². The number of carbonyl (C=O) groups excluding carboxylic acids is 2. The molecule has 0 saturated carbocycles. The third kappa shape index (κ3) is 34.0. The zero-order valence-corrected chi connectivity index (χ0v) is 34.1. The Bertz CT molecular complexity index is 701. The van der Waals surface area contributed by atoms with E-state index in [0.717, 1.165) is 77.3 Å². The second-order valence-corrected chi connectivity index (χ2v) is 15.3. The molecule has 0 bridgehead atoms. The summed E-state index contributed by atoms with van der Waals surface area (Å²) in [4.78, 5) is 27.4. The van der Waals surface area contributed by atoms with Gasteiger partial charge in [0.2, 0.25) is 0 Å². The van der Waals surface area contributed by atoms with Gasteiger partial charge in [-0.05, 0) is 76.8 Å². The monoisotopic (exact) mass is 710 g/mol. The summed E-state index contributed by atoms with van der Waals surface area (Å²) in [5.74, 6) is 0.447. The number of hydrogen-bond acceptors (Lipinski definition) is 6. The first-order valence-electron chi connectivity index (χ1n) is 22.2. The van der Waals surface area contributed by atoms with Crippen LogP contribution in [0.5, 0.6) is 0 Å². The van der Waals surface area contributed by atoms with Gasteiger partial charge in [-0.3, -0.25) is 9.59 Å². The van der Waals surface area contributed by atoms with Crippen molar-refractivity contribution in [2.75, 3.05) is 32.8 Å². The highest BCUT2D eigenvalue weighted by molar-refractivity contribution is 5.69. The lowest BCUT2D eigenvalue weighted by Crippen LogP contribution is -2.29. The lowest BCUT2D eigenvalue weighted by Gasteiger charge is -2.21. The molecule has 298 valence electrons. The summed E-state index contributed by atoms with van der Waals surface area (Å²) in [5.41, 5.74) is 0. The van der Waals surface area contributed by atoms with Crippen LogP contribution in [0.2, 0.25) is 0 Å². The standard InChI is InChI=1S/C44H87NO5/c1-5-9-12-15-18-23-31-41(32-24-19-16-13-10-6-2)40-49-43(47)34-26-21-28-36-45(38-39-46)37-29-22-27-35-44(48)50-42(30-8-4)33-25-20-17-14-11-7-3/h41-42,46H,5-40H2,1-4H3. The molecule has 0 radical (unpaired) electrons. The Morgan fingerprint density at radius 2 is 0.920 bits per heavy atom. The summed E-state index contributed by atoms with van der Waals surface area (Å²) >= 11 is 0. The second kappa shape index (κ2) is 39.1. The minimum Gasteiger partial charge on any atom is -0.465 e. The molecular formula is C44H87NO5. The lowest BCUT2D eigenvalue weighted by atomic mass is 9.94. The number of nitrogens with zero attached hydrogens (tertiary/aromatic N) is 1. The summed E-state index contributed by atoms with van der Waals surface area (Å²) < 4.78 is 11.7. The third-order valence-electron chi connectivity index (χ3n) is 10.3. The van der Waals surface area contributed by atoms with Gasteiger partial charge in [0, 0.05) is 19.4 Å². The minimum absolute atomic E-state index is 0.0324. The van der Waals surface area contributed by atoms with Gasteiger partial charge in [0.05, 0.1) is 13.2 Å². The van der Waals surface area contributed by atoms with Crippen molar-refractivity contribution in [2.24, 2.45) is 5.92 Å². The molecule has 0 spiro atoms. The van der Waals surface area contributed by atoms with Crippen molar-refractivity contribution >= 4 is 11.9 Å². The van der Waals surface area contributed by atoms with Gasteiger partial charge in [-0.1, -0.05) is 156 Å². The number of aliphatic hydroxyl groups is 1. The van der Waals surface area contributed by atoms with E-state index in [2.05, 4.69) is 32.6 Å². The molecule has 0 aliphatic carbocycles. The van der Waals surface area contributed by atoms with Gasteiger partial charge in [-0.15, -0.1) is 0 Å².